The number of nitrogens with zero attached hydrogens (tertiary/aromatic N) is 1. The van der Waals surface area contributed by atoms with Gasteiger partial charge in [-0.15, -0.1) is 0 Å². The number of carbonyl (C=O) groups excluding carboxylic acids is 1. The van der Waals surface area contributed by atoms with E-state index in [1.54, 1.807) is 11.8 Å². The van der Waals surface area contributed by atoms with Crippen LogP contribution in [0, 0.1) is 6.92 Å². The van der Waals surface area contributed by atoms with E-state index in [1.807, 2.05) is 0 Å². The summed E-state index contributed by atoms with van der Waals surface area (Å²) in [6, 6.07) is 3.84. The number of rotatable bonds is 4. The number of carbonyl (C=O) groups is 2. The lowest BCUT2D eigenvalue weighted by molar-refractivity contribution is -0.136. The normalized spacial score (nSPS) is 24.6. The summed E-state index contributed by atoms with van der Waals surface area (Å²) in [5.41, 5.74) is 0.770. The van der Waals surface area contributed by atoms with Gasteiger partial charge in [0, 0.05) is 19.1 Å². The highest BCUT2D eigenvalue weighted by atomic mass is 32.2. The molecule has 0 saturated carbocycles. The molecule has 2 fully saturated rings. The molecule has 0 spiro atoms. The Morgan fingerprint density at radius 3 is 2.80 bits per heavy atom. The standard InChI is InChI=1S/C16H20N2O6S/c1-10-6-11(16(20)21)2-3-14(10)24-7-15(19)18-5-4-17-12-8-25(22,23)9-13(12)18/h2-3,6,12-13,17H,4-5,7-9H2,1H3,(H,20,21)/t12-,13+/m0/s1. The third-order valence-electron chi connectivity index (χ3n) is 4.58. The minimum absolute atomic E-state index is 0.0251. The highest BCUT2D eigenvalue weighted by Crippen LogP contribution is 2.23. The van der Waals surface area contributed by atoms with Crippen LogP contribution in [0.1, 0.15) is 15.9 Å². The van der Waals surface area contributed by atoms with Crippen LogP contribution in [-0.2, 0) is 14.6 Å². The van der Waals surface area contributed by atoms with E-state index in [4.69, 9.17) is 9.84 Å². The lowest BCUT2D eigenvalue weighted by atomic mass is 10.1. The quantitative estimate of drug-likeness (QED) is 0.748. The molecule has 2 N–H and O–H groups in total. The van der Waals surface area contributed by atoms with Crippen LogP contribution in [0.4, 0.5) is 0 Å². The summed E-state index contributed by atoms with van der Waals surface area (Å²) in [6.45, 7) is 2.48. The van der Waals surface area contributed by atoms with Gasteiger partial charge in [0.2, 0.25) is 0 Å². The smallest absolute Gasteiger partial charge is 0.335 e. The number of piperazine rings is 1. The van der Waals surface area contributed by atoms with Crippen molar-refractivity contribution in [2.45, 2.75) is 19.0 Å². The number of ether oxygens (including phenoxy) is 1. The van der Waals surface area contributed by atoms with Crippen LogP contribution in [0.25, 0.3) is 0 Å². The second-order valence-corrected chi connectivity index (χ2v) is 8.52. The van der Waals surface area contributed by atoms with E-state index in [9.17, 15) is 18.0 Å². The van der Waals surface area contributed by atoms with E-state index >= 15 is 0 Å². The third-order valence-corrected chi connectivity index (χ3v) is 6.29. The maximum atomic E-state index is 12.5. The zero-order valence-electron chi connectivity index (χ0n) is 13.8. The molecular weight excluding hydrogens is 348 g/mol. The van der Waals surface area contributed by atoms with Crippen LogP contribution in [0.15, 0.2) is 18.2 Å². The second kappa shape index (κ2) is 6.64. The average molecular weight is 368 g/mol. The molecule has 2 atom stereocenters. The van der Waals surface area contributed by atoms with Crippen molar-refractivity contribution in [3.05, 3.63) is 29.3 Å². The fourth-order valence-electron chi connectivity index (χ4n) is 3.34. The van der Waals surface area contributed by atoms with Crippen molar-refractivity contribution in [2.75, 3.05) is 31.2 Å². The van der Waals surface area contributed by atoms with Gasteiger partial charge in [0.25, 0.3) is 5.91 Å². The van der Waals surface area contributed by atoms with Crippen molar-refractivity contribution >= 4 is 21.7 Å². The summed E-state index contributed by atoms with van der Waals surface area (Å²) in [6.07, 6.45) is 0. The zero-order valence-corrected chi connectivity index (χ0v) is 14.6. The molecule has 25 heavy (non-hydrogen) atoms. The lowest BCUT2D eigenvalue weighted by Crippen LogP contribution is -2.59. The van der Waals surface area contributed by atoms with Crippen molar-refractivity contribution < 1.29 is 27.9 Å². The van der Waals surface area contributed by atoms with Gasteiger partial charge >= 0.3 is 5.97 Å². The SMILES string of the molecule is Cc1cc(C(=O)O)ccc1OCC(=O)N1CCN[C@H]2CS(=O)(=O)C[C@H]21. The minimum atomic E-state index is -3.13. The van der Waals surface area contributed by atoms with Crippen molar-refractivity contribution in [1.82, 2.24) is 10.2 Å². The predicted octanol–water partition coefficient (Wildman–Crippen LogP) is -0.331. The van der Waals surface area contributed by atoms with Crippen LogP contribution >= 0.6 is 0 Å². The van der Waals surface area contributed by atoms with Gasteiger partial charge in [-0.05, 0) is 30.7 Å². The maximum absolute atomic E-state index is 12.5. The van der Waals surface area contributed by atoms with E-state index in [1.165, 1.54) is 18.2 Å². The number of aromatic carboxylic acids is 1. The Labute approximate surface area is 145 Å². The second-order valence-electron chi connectivity index (χ2n) is 6.37. The van der Waals surface area contributed by atoms with E-state index in [2.05, 4.69) is 5.32 Å². The molecule has 8 nitrogen and oxygen atoms in total. The van der Waals surface area contributed by atoms with Gasteiger partial charge in [0.15, 0.2) is 16.4 Å². The maximum Gasteiger partial charge on any atom is 0.335 e. The number of aryl methyl sites for hydroxylation is 1. The number of carboxylic acid groups (broad SMARTS) is 1. The number of hydrogen-bond acceptors (Lipinski definition) is 6. The minimum Gasteiger partial charge on any atom is -0.483 e. The Hall–Kier alpha value is -2.13. The summed E-state index contributed by atoms with van der Waals surface area (Å²) >= 11 is 0. The number of sulfone groups is 1. The topological polar surface area (TPSA) is 113 Å². The van der Waals surface area contributed by atoms with Gasteiger partial charge in [-0.3, -0.25) is 4.79 Å². The average Bonchev–Trinajstić information content (AvgIpc) is 2.86. The lowest BCUT2D eigenvalue weighted by Gasteiger charge is -2.37. The molecular formula is C16H20N2O6S. The summed E-state index contributed by atoms with van der Waals surface area (Å²) < 4.78 is 29.2. The molecule has 9 heteroatoms. The van der Waals surface area contributed by atoms with Crippen molar-refractivity contribution in [3.8, 4) is 5.75 Å². The molecule has 0 unspecified atom stereocenters. The number of nitrogens with one attached hydrogen (secondary N) is 1. The van der Waals surface area contributed by atoms with Crippen LogP contribution in [0.5, 0.6) is 5.75 Å². The number of carboxylic acids is 1. The Balaban J connectivity index is 1.65. The summed E-state index contributed by atoms with van der Waals surface area (Å²) in [7, 11) is -3.13. The molecule has 1 aromatic carbocycles. The molecule has 2 aliphatic heterocycles. The zero-order chi connectivity index (χ0) is 18.2. The highest BCUT2D eigenvalue weighted by Gasteiger charge is 2.44. The van der Waals surface area contributed by atoms with Crippen LogP contribution in [0.2, 0.25) is 0 Å². The highest BCUT2D eigenvalue weighted by molar-refractivity contribution is 7.91. The predicted molar refractivity (Wildman–Crippen MR) is 89.6 cm³/mol. The third kappa shape index (κ3) is 3.77. The number of hydrogen-bond donors (Lipinski definition) is 2. The van der Waals surface area contributed by atoms with E-state index < -0.39 is 15.8 Å². The summed E-state index contributed by atoms with van der Waals surface area (Å²) in [4.78, 5) is 25.0. The van der Waals surface area contributed by atoms with Gasteiger partial charge in [0.1, 0.15) is 5.75 Å². The Bertz CT molecular complexity index is 807. The molecule has 2 saturated heterocycles. The monoisotopic (exact) mass is 368 g/mol. The summed E-state index contributed by atoms with van der Waals surface area (Å²) in [5.74, 6) is -0.833. The largest absolute Gasteiger partial charge is 0.483 e. The van der Waals surface area contributed by atoms with Gasteiger partial charge in [-0.2, -0.15) is 0 Å². The van der Waals surface area contributed by atoms with Crippen LogP contribution in [-0.4, -0.2) is 73.6 Å². The Morgan fingerprint density at radius 2 is 2.12 bits per heavy atom. The first-order valence-corrected chi connectivity index (χ1v) is 9.79. The first-order valence-electron chi connectivity index (χ1n) is 7.97. The van der Waals surface area contributed by atoms with Gasteiger partial charge < -0.3 is 20.1 Å². The molecule has 1 amide bonds. The van der Waals surface area contributed by atoms with Crippen LogP contribution < -0.4 is 10.1 Å². The van der Waals surface area contributed by atoms with Crippen LogP contribution in [0.3, 0.4) is 0 Å². The molecule has 1 aromatic rings. The van der Waals surface area contributed by atoms with Crippen molar-refractivity contribution in [1.29, 1.82) is 0 Å². The van der Waals surface area contributed by atoms with E-state index in [0.29, 0.717) is 24.4 Å². The molecule has 0 bridgehead atoms. The first-order chi connectivity index (χ1) is 11.8. The first kappa shape index (κ1) is 17.7. The molecule has 136 valence electrons. The van der Waals surface area contributed by atoms with Crippen molar-refractivity contribution in [3.63, 3.8) is 0 Å². The molecule has 0 aromatic heterocycles. The number of amides is 1. The van der Waals surface area contributed by atoms with Crippen molar-refractivity contribution in [2.24, 2.45) is 0 Å². The molecule has 2 aliphatic rings. The molecule has 2 heterocycles. The van der Waals surface area contributed by atoms with E-state index in [0.717, 1.165) is 0 Å². The molecule has 0 aliphatic carbocycles. The summed E-state index contributed by atoms with van der Waals surface area (Å²) in [5, 5.41) is 12.1. The van der Waals surface area contributed by atoms with Gasteiger partial charge in [-0.1, -0.05) is 0 Å². The fourth-order valence-corrected chi connectivity index (χ4v) is 5.30. The fraction of sp³-hybridized carbons (Fsp3) is 0.500. The van der Waals surface area contributed by atoms with Gasteiger partial charge in [0.05, 0.1) is 23.1 Å². The van der Waals surface area contributed by atoms with E-state index in [-0.39, 0.29) is 41.7 Å². The molecule has 0 radical (unpaired) electrons. The number of benzene rings is 1. The van der Waals surface area contributed by atoms with Gasteiger partial charge in [-0.25, -0.2) is 13.2 Å². The number of fused-ring (bicyclic) bond motifs is 1. The Kier molecular flexibility index (Phi) is 4.70. The Morgan fingerprint density at radius 1 is 1.36 bits per heavy atom. The molecule has 3 rings (SSSR count).